The van der Waals surface area contributed by atoms with Crippen molar-refractivity contribution in [1.29, 1.82) is 0 Å². The monoisotopic (exact) mass is 326 g/mol. The number of hydrogen-bond donors (Lipinski definition) is 1. The quantitative estimate of drug-likeness (QED) is 0.918. The Morgan fingerprint density at radius 1 is 1.12 bits per heavy atom. The molecule has 3 heteroatoms. The number of carbonyl (C=O) groups is 1. The second-order valence-electron chi connectivity index (χ2n) is 7.95. The Morgan fingerprint density at radius 2 is 2.00 bits per heavy atom. The molecule has 2 aliphatic heterocycles. The van der Waals surface area contributed by atoms with Crippen LogP contribution >= 0.6 is 0 Å². The van der Waals surface area contributed by atoms with Crippen molar-refractivity contribution in [2.75, 3.05) is 24.5 Å². The van der Waals surface area contributed by atoms with Crippen LogP contribution in [0.2, 0.25) is 0 Å². The van der Waals surface area contributed by atoms with Crippen LogP contribution in [0.5, 0.6) is 0 Å². The fourth-order valence-corrected chi connectivity index (χ4v) is 4.81. The molecule has 130 valence electrons. The number of amides is 1. The van der Waals surface area contributed by atoms with Crippen molar-refractivity contribution in [3.8, 4) is 0 Å². The van der Waals surface area contributed by atoms with Crippen LogP contribution in [-0.2, 0) is 17.6 Å². The molecular formula is C21H30N2O. The van der Waals surface area contributed by atoms with E-state index in [1.807, 2.05) is 0 Å². The van der Waals surface area contributed by atoms with E-state index in [4.69, 9.17) is 0 Å². The van der Waals surface area contributed by atoms with Gasteiger partial charge in [-0.3, -0.25) is 4.79 Å². The Morgan fingerprint density at radius 3 is 2.79 bits per heavy atom. The van der Waals surface area contributed by atoms with E-state index in [1.54, 1.807) is 0 Å². The normalized spacial score (nSPS) is 24.8. The summed E-state index contributed by atoms with van der Waals surface area (Å²) in [5.41, 5.74) is 4.03. The minimum atomic E-state index is 0.276. The standard InChI is InChI=1S/C21H30N2O/c24-21(18-6-2-1-3-7-18)23-12-10-19-14-16(8-9-20(19)23)13-17-5-4-11-22-15-17/h8-9,14,17-18,22H,1-7,10-13,15H2. The van der Waals surface area contributed by atoms with Crippen LogP contribution < -0.4 is 10.2 Å². The topological polar surface area (TPSA) is 32.3 Å². The molecule has 1 saturated carbocycles. The van der Waals surface area contributed by atoms with Gasteiger partial charge in [-0.05, 0) is 74.7 Å². The lowest BCUT2D eigenvalue weighted by Gasteiger charge is -2.27. The zero-order valence-corrected chi connectivity index (χ0v) is 14.7. The van der Waals surface area contributed by atoms with Crippen molar-refractivity contribution >= 4 is 11.6 Å². The largest absolute Gasteiger partial charge is 0.316 e. The number of piperidine rings is 1. The van der Waals surface area contributed by atoms with E-state index in [9.17, 15) is 4.79 Å². The molecular weight excluding hydrogens is 296 g/mol. The summed E-state index contributed by atoms with van der Waals surface area (Å²) in [7, 11) is 0. The molecule has 0 spiro atoms. The average Bonchev–Trinajstić information content (AvgIpc) is 3.06. The lowest BCUT2D eigenvalue weighted by atomic mass is 9.88. The van der Waals surface area contributed by atoms with Crippen LogP contribution in [-0.4, -0.2) is 25.5 Å². The third-order valence-electron chi connectivity index (χ3n) is 6.18. The molecule has 4 rings (SSSR count). The first kappa shape index (κ1) is 16.1. The first-order valence-corrected chi connectivity index (χ1v) is 9.95. The summed E-state index contributed by atoms with van der Waals surface area (Å²) >= 11 is 0. The predicted molar refractivity (Wildman–Crippen MR) is 98.4 cm³/mol. The van der Waals surface area contributed by atoms with Crippen molar-refractivity contribution in [1.82, 2.24) is 5.32 Å². The number of benzene rings is 1. The van der Waals surface area contributed by atoms with Crippen LogP contribution in [0.25, 0.3) is 0 Å². The third-order valence-corrected chi connectivity index (χ3v) is 6.18. The number of carbonyl (C=O) groups excluding carboxylic acids is 1. The zero-order valence-electron chi connectivity index (χ0n) is 14.7. The minimum absolute atomic E-state index is 0.276. The lowest BCUT2D eigenvalue weighted by Crippen LogP contribution is -2.35. The van der Waals surface area contributed by atoms with Crippen LogP contribution in [0.1, 0.15) is 56.1 Å². The second-order valence-corrected chi connectivity index (χ2v) is 7.95. The van der Waals surface area contributed by atoms with Gasteiger partial charge in [0.1, 0.15) is 0 Å². The summed E-state index contributed by atoms with van der Waals surface area (Å²) in [6.07, 6.45) is 10.8. The molecule has 1 atom stereocenters. The van der Waals surface area contributed by atoms with E-state index < -0.39 is 0 Å². The second kappa shape index (κ2) is 7.26. The Hall–Kier alpha value is -1.35. The Bertz CT molecular complexity index is 586. The fraction of sp³-hybridized carbons (Fsp3) is 0.667. The van der Waals surface area contributed by atoms with Crippen molar-refractivity contribution in [2.24, 2.45) is 11.8 Å². The van der Waals surface area contributed by atoms with E-state index >= 15 is 0 Å². The molecule has 1 aromatic rings. The molecule has 0 aromatic heterocycles. The smallest absolute Gasteiger partial charge is 0.230 e. The molecule has 0 radical (unpaired) electrons. The van der Waals surface area contributed by atoms with Crippen molar-refractivity contribution < 1.29 is 4.79 Å². The molecule has 0 bridgehead atoms. The van der Waals surface area contributed by atoms with Gasteiger partial charge in [-0.2, -0.15) is 0 Å². The van der Waals surface area contributed by atoms with Crippen LogP contribution in [0.15, 0.2) is 18.2 Å². The summed E-state index contributed by atoms with van der Waals surface area (Å²) < 4.78 is 0. The number of nitrogens with zero attached hydrogens (tertiary/aromatic N) is 1. The average molecular weight is 326 g/mol. The third kappa shape index (κ3) is 3.37. The minimum Gasteiger partial charge on any atom is -0.316 e. The van der Waals surface area contributed by atoms with Crippen molar-refractivity contribution in [3.05, 3.63) is 29.3 Å². The SMILES string of the molecule is O=C(C1CCCCC1)N1CCc2cc(CC3CCCNC3)ccc21. The number of rotatable bonds is 3. The van der Waals surface area contributed by atoms with E-state index in [1.165, 1.54) is 61.9 Å². The summed E-state index contributed by atoms with van der Waals surface area (Å²) in [6.45, 7) is 3.22. The van der Waals surface area contributed by atoms with E-state index in [0.29, 0.717) is 5.91 Å². The maximum atomic E-state index is 12.9. The van der Waals surface area contributed by atoms with E-state index in [2.05, 4.69) is 28.4 Å². The molecule has 1 amide bonds. The molecule has 1 aromatic carbocycles. The Balaban J connectivity index is 1.44. The molecule has 24 heavy (non-hydrogen) atoms. The van der Waals surface area contributed by atoms with Crippen molar-refractivity contribution in [3.63, 3.8) is 0 Å². The molecule has 1 unspecified atom stereocenters. The van der Waals surface area contributed by atoms with Gasteiger partial charge in [0, 0.05) is 18.2 Å². The number of hydrogen-bond acceptors (Lipinski definition) is 2. The predicted octanol–water partition coefficient (Wildman–Crippen LogP) is 3.70. The number of nitrogens with one attached hydrogen (secondary N) is 1. The van der Waals surface area contributed by atoms with Crippen molar-refractivity contribution in [2.45, 2.75) is 57.8 Å². The van der Waals surface area contributed by atoms with Gasteiger partial charge in [-0.15, -0.1) is 0 Å². The molecule has 2 heterocycles. The van der Waals surface area contributed by atoms with Gasteiger partial charge in [-0.1, -0.05) is 31.4 Å². The summed E-state index contributed by atoms with van der Waals surface area (Å²) in [5.74, 6) is 1.44. The first-order valence-electron chi connectivity index (χ1n) is 9.95. The van der Waals surface area contributed by atoms with Gasteiger partial charge < -0.3 is 10.2 Å². The summed E-state index contributed by atoms with van der Waals surface area (Å²) in [4.78, 5) is 15.0. The van der Waals surface area contributed by atoms with Gasteiger partial charge in [0.05, 0.1) is 0 Å². The van der Waals surface area contributed by atoms with Gasteiger partial charge in [0.2, 0.25) is 5.91 Å². The van der Waals surface area contributed by atoms with Crippen LogP contribution in [0.4, 0.5) is 5.69 Å². The van der Waals surface area contributed by atoms with Gasteiger partial charge in [0.15, 0.2) is 0 Å². The van der Waals surface area contributed by atoms with E-state index in [0.717, 1.165) is 38.3 Å². The van der Waals surface area contributed by atoms with Crippen LogP contribution in [0.3, 0.4) is 0 Å². The van der Waals surface area contributed by atoms with Gasteiger partial charge in [-0.25, -0.2) is 0 Å². The van der Waals surface area contributed by atoms with Gasteiger partial charge >= 0.3 is 0 Å². The number of anilines is 1. The summed E-state index contributed by atoms with van der Waals surface area (Å²) in [6, 6.07) is 6.85. The molecule has 3 nitrogen and oxygen atoms in total. The molecule has 2 fully saturated rings. The highest BCUT2D eigenvalue weighted by Gasteiger charge is 2.31. The Kier molecular flexibility index (Phi) is 4.88. The number of fused-ring (bicyclic) bond motifs is 1. The summed E-state index contributed by atoms with van der Waals surface area (Å²) in [5, 5.41) is 3.51. The molecule has 3 aliphatic rings. The highest BCUT2D eigenvalue weighted by atomic mass is 16.2. The lowest BCUT2D eigenvalue weighted by molar-refractivity contribution is -0.123. The zero-order chi connectivity index (χ0) is 16.4. The molecule has 1 saturated heterocycles. The fourth-order valence-electron chi connectivity index (χ4n) is 4.81. The van der Waals surface area contributed by atoms with Crippen LogP contribution in [0, 0.1) is 11.8 Å². The first-order chi connectivity index (χ1) is 11.8. The van der Waals surface area contributed by atoms with Gasteiger partial charge in [0.25, 0.3) is 0 Å². The highest BCUT2D eigenvalue weighted by molar-refractivity contribution is 5.97. The highest BCUT2D eigenvalue weighted by Crippen LogP contribution is 2.34. The van der Waals surface area contributed by atoms with E-state index in [-0.39, 0.29) is 5.92 Å². The Labute approximate surface area is 145 Å². The maximum Gasteiger partial charge on any atom is 0.230 e. The molecule has 1 N–H and O–H groups in total. The maximum absolute atomic E-state index is 12.9. The molecule has 1 aliphatic carbocycles.